The molecule has 0 heterocycles. The molecular formula is C14H22FNO. The average molecular weight is 239 g/mol. The van der Waals surface area contributed by atoms with Crippen LogP contribution in [0.25, 0.3) is 0 Å². The largest absolute Gasteiger partial charge is 0.396 e. The molecule has 1 aromatic carbocycles. The molecule has 0 aliphatic carbocycles. The molecular weight excluding hydrogens is 217 g/mol. The van der Waals surface area contributed by atoms with Crippen molar-refractivity contribution in [2.45, 2.75) is 39.2 Å². The zero-order valence-electron chi connectivity index (χ0n) is 10.9. The topological polar surface area (TPSA) is 32.3 Å². The standard InChI is InChI=1S/C14H22FNO/c1-11-10-12(4-5-13(11)15)6-8-16-14(2,3)7-9-17/h4-5,10,16-17H,6-9H2,1-3H3. The van der Waals surface area contributed by atoms with E-state index < -0.39 is 0 Å². The molecule has 0 spiro atoms. The lowest BCUT2D eigenvalue weighted by Gasteiger charge is -2.25. The van der Waals surface area contributed by atoms with Crippen molar-refractivity contribution in [1.29, 1.82) is 0 Å². The molecule has 0 amide bonds. The fourth-order valence-corrected chi connectivity index (χ4v) is 1.78. The lowest BCUT2D eigenvalue weighted by atomic mass is 10.0. The summed E-state index contributed by atoms with van der Waals surface area (Å²) in [5.74, 6) is -0.151. The molecule has 0 saturated heterocycles. The van der Waals surface area contributed by atoms with E-state index >= 15 is 0 Å². The number of hydrogen-bond acceptors (Lipinski definition) is 2. The maximum Gasteiger partial charge on any atom is 0.126 e. The first-order chi connectivity index (χ1) is 7.94. The molecule has 0 bridgehead atoms. The molecule has 0 fully saturated rings. The van der Waals surface area contributed by atoms with Crippen molar-refractivity contribution in [2.75, 3.05) is 13.2 Å². The SMILES string of the molecule is Cc1cc(CCNC(C)(C)CCO)ccc1F. The fraction of sp³-hybridized carbons (Fsp3) is 0.571. The molecule has 0 saturated carbocycles. The molecule has 2 nitrogen and oxygen atoms in total. The summed E-state index contributed by atoms with van der Waals surface area (Å²) < 4.78 is 13.1. The second kappa shape index (κ2) is 6.12. The molecule has 0 unspecified atom stereocenters. The van der Waals surface area contributed by atoms with Crippen molar-refractivity contribution in [3.63, 3.8) is 0 Å². The van der Waals surface area contributed by atoms with E-state index in [9.17, 15) is 4.39 Å². The van der Waals surface area contributed by atoms with E-state index in [0.29, 0.717) is 5.56 Å². The maximum atomic E-state index is 13.1. The Hall–Kier alpha value is -0.930. The summed E-state index contributed by atoms with van der Waals surface area (Å²) in [5.41, 5.74) is 1.78. The van der Waals surface area contributed by atoms with Gasteiger partial charge in [-0.25, -0.2) is 4.39 Å². The Morgan fingerprint density at radius 1 is 1.35 bits per heavy atom. The second-order valence-corrected chi connectivity index (χ2v) is 5.12. The van der Waals surface area contributed by atoms with Crippen molar-refractivity contribution in [1.82, 2.24) is 5.32 Å². The number of aliphatic hydroxyl groups is 1. The van der Waals surface area contributed by atoms with E-state index in [4.69, 9.17) is 5.11 Å². The van der Waals surface area contributed by atoms with Crippen LogP contribution in [-0.4, -0.2) is 23.8 Å². The first kappa shape index (κ1) is 14.1. The Balaban J connectivity index is 2.43. The van der Waals surface area contributed by atoms with E-state index in [1.54, 1.807) is 6.92 Å². The summed E-state index contributed by atoms with van der Waals surface area (Å²) in [6.45, 7) is 6.94. The van der Waals surface area contributed by atoms with Crippen LogP contribution in [0.5, 0.6) is 0 Å². The summed E-state index contributed by atoms with van der Waals surface area (Å²) in [6.07, 6.45) is 1.60. The lowest BCUT2D eigenvalue weighted by Crippen LogP contribution is -2.41. The van der Waals surface area contributed by atoms with E-state index in [0.717, 1.165) is 24.9 Å². The van der Waals surface area contributed by atoms with Gasteiger partial charge in [0.25, 0.3) is 0 Å². The van der Waals surface area contributed by atoms with Crippen LogP contribution in [0.4, 0.5) is 4.39 Å². The van der Waals surface area contributed by atoms with Gasteiger partial charge < -0.3 is 10.4 Å². The summed E-state index contributed by atoms with van der Waals surface area (Å²) in [6, 6.07) is 5.22. The Labute approximate surface area is 103 Å². The molecule has 0 aliphatic rings. The van der Waals surface area contributed by atoms with Crippen LogP contribution >= 0.6 is 0 Å². The van der Waals surface area contributed by atoms with E-state index in [1.807, 2.05) is 12.1 Å². The highest BCUT2D eigenvalue weighted by atomic mass is 19.1. The van der Waals surface area contributed by atoms with Crippen LogP contribution < -0.4 is 5.32 Å². The number of nitrogens with one attached hydrogen (secondary N) is 1. The van der Waals surface area contributed by atoms with Gasteiger partial charge >= 0.3 is 0 Å². The Bertz CT molecular complexity index is 363. The minimum absolute atomic E-state index is 0.0518. The third kappa shape index (κ3) is 4.84. The minimum Gasteiger partial charge on any atom is -0.396 e. The van der Waals surface area contributed by atoms with Crippen LogP contribution in [0.1, 0.15) is 31.4 Å². The van der Waals surface area contributed by atoms with Gasteiger partial charge in [-0.1, -0.05) is 12.1 Å². The van der Waals surface area contributed by atoms with Gasteiger partial charge in [0.1, 0.15) is 5.82 Å². The zero-order valence-corrected chi connectivity index (χ0v) is 10.9. The first-order valence-electron chi connectivity index (χ1n) is 6.05. The van der Waals surface area contributed by atoms with Gasteiger partial charge in [-0.2, -0.15) is 0 Å². The lowest BCUT2D eigenvalue weighted by molar-refractivity contribution is 0.231. The van der Waals surface area contributed by atoms with Crippen LogP contribution in [0, 0.1) is 12.7 Å². The van der Waals surface area contributed by atoms with Crippen LogP contribution in [0.15, 0.2) is 18.2 Å². The van der Waals surface area contributed by atoms with Gasteiger partial charge in [0.2, 0.25) is 0 Å². The van der Waals surface area contributed by atoms with Crippen molar-refractivity contribution in [3.8, 4) is 0 Å². The van der Waals surface area contributed by atoms with E-state index in [-0.39, 0.29) is 18.0 Å². The molecule has 2 N–H and O–H groups in total. The summed E-state index contributed by atoms with van der Waals surface area (Å²) in [5, 5.41) is 12.3. The number of hydrogen-bond donors (Lipinski definition) is 2. The Kier molecular flexibility index (Phi) is 5.09. The molecule has 3 heteroatoms. The van der Waals surface area contributed by atoms with Crippen molar-refractivity contribution in [2.24, 2.45) is 0 Å². The van der Waals surface area contributed by atoms with Gasteiger partial charge in [-0.15, -0.1) is 0 Å². The monoisotopic (exact) mass is 239 g/mol. The number of halogens is 1. The Morgan fingerprint density at radius 3 is 2.65 bits per heavy atom. The van der Waals surface area contributed by atoms with E-state index in [1.165, 1.54) is 6.07 Å². The normalized spacial score (nSPS) is 11.8. The molecule has 0 aromatic heterocycles. The van der Waals surface area contributed by atoms with Gasteiger partial charge in [0, 0.05) is 12.1 Å². The Morgan fingerprint density at radius 2 is 2.06 bits per heavy atom. The molecule has 1 rings (SSSR count). The summed E-state index contributed by atoms with van der Waals surface area (Å²) in [7, 11) is 0. The van der Waals surface area contributed by atoms with Gasteiger partial charge in [-0.3, -0.25) is 0 Å². The average Bonchev–Trinajstić information content (AvgIpc) is 2.23. The van der Waals surface area contributed by atoms with Crippen LogP contribution in [0.3, 0.4) is 0 Å². The van der Waals surface area contributed by atoms with Crippen molar-refractivity contribution < 1.29 is 9.50 Å². The highest BCUT2D eigenvalue weighted by Gasteiger charge is 2.15. The molecule has 0 aliphatic heterocycles. The highest BCUT2D eigenvalue weighted by Crippen LogP contribution is 2.11. The van der Waals surface area contributed by atoms with E-state index in [2.05, 4.69) is 19.2 Å². The molecule has 17 heavy (non-hydrogen) atoms. The van der Waals surface area contributed by atoms with Gasteiger partial charge in [0.15, 0.2) is 0 Å². The van der Waals surface area contributed by atoms with Gasteiger partial charge in [-0.05, 0) is 57.4 Å². The molecule has 96 valence electrons. The smallest absolute Gasteiger partial charge is 0.126 e. The summed E-state index contributed by atoms with van der Waals surface area (Å²) in [4.78, 5) is 0. The number of rotatable bonds is 6. The van der Waals surface area contributed by atoms with Crippen molar-refractivity contribution in [3.05, 3.63) is 35.1 Å². The fourth-order valence-electron chi connectivity index (χ4n) is 1.78. The predicted octanol–water partition coefficient (Wildman–Crippen LogP) is 2.43. The summed E-state index contributed by atoms with van der Waals surface area (Å²) >= 11 is 0. The molecule has 0 atom stereocenters. The van der Waals surface area contributed by atoms with Gasteiger partial charge in [0.05, 0.1) is 0 Å². The minimum atomic E-state index is -0.151. The van der Waals surface area contributed by atoms with Crippen LogP contribution in [-0.2, 0) is 6.42 Å². The van der Waals surface area contributed by atoms with Crippen LogP contribution in [0.2, 0.25) is 0 Å². The highest BCUT2D eigenvalue weighted by molar-refractivity contribution is 5.24. The quantitative estimate of drug-likeness (QED) is 0.799. The predicted molar refractivity (Wildman–Crippen MR) is 68.6 cm³/mol. The maximum absolute atomic E-state index is 13.1. The second-order valence-electron chi connectivity index (χ2n) is 5.12. The first-order valence-corrected chi connectivity index (χ1v) is 6.05. The number of benzene rings is 1. The molecule has 0 radical (unpaired) electrons. The number of aryl methyl sites for hydroxylation is 1. The number of aliphatic hydroxyl groups excluding tert-OH is 1. The molecule has 1 aromatic rings. The zero-order chi connectivity index (χ0) is 12.9. The van der Waals surface area contributed by atoms with Crippen molar-refractivity contribution >= 4 is 0 Å². The third-order valence-electron chi connectivity index (χ3n) is 2.98. The third-order valence-corrected chi connectivity index (χ3v) is 2.98.